The van der Waals surface area contributed by atoms with Gasteiger partial charge in [-0.2, -0.15) is 13.2 Å². The monoisotopic (exact) mass is 305 g/mol. The third kappa shape index (κ3) is 3.10. The number of hydrogen-bond acceptors (Lipinski definition) is 4. The van der Waals surface area contributed by atoms with Crippen molar-refractivity contribution in [3.8, 4) is 0 Å². The molecule has 5 nitrogen and oxygen atoms in total. The maximum atomic E-state index is 12.7. The summed E-state index contributed by atoms with van der Waals surface area (Å²) in [6.45, 7) is 1.63. The van der Waals surface area contributed by atoms with Gasteiger partial charge in [-0.1, -0.05) is 0 Å². The number of hydrogen-bond donors (Lipinski definition) is 2. The number of halogens is 3. The predicted octanol–water partition coefficient (Wildman–Crippen LogP) is 1.71. The van der Waals surface area contributed by atoms with Crippen LogP contribution in [0.5, 0.6) is 0 Å². The first-order chi connectivity index (χ1) is 9.74. The van der Waals surface area contributed by atoms with E-state index in [1.165, 1.54) is 0 Å². The van der Waals surface area contributed by atoms with Gasteiger partial charge in [0.05, 0.1) is 18.6 Å². The van der Waals surface area contributed by atoms with E-state index in [0.29, 0.717) is 0 Å². The molecular formula is C13H14F3NO4. The van der Waals surface area contributed by atoms with E-state index in [2.05, 4.69) is 9.72 Å². The number of H-pyrrole nitrogens is 1. The highest BCUT2D eigenvalue weighted by Gasteiger charge is 2.44. The van der Waals surface area contributed by atoms with Gasteiger partial charge in [-0.25, -0.2) is 4.79 Å². The molecule has 1 heterocycles. The largest absolute Gasteiger partial charge is 0.462 e. The van der Waals surface area contributed by atoms with Gasteiger partial charge in [0.25, 0.3) is 5.56 Å². The van der Waals surface area contributed by atoms with Crippen molar-refractivity contribution in [1.29, 1.82) is 0 Å². The van der Waals surface area contributed by atoms with Crippen molar-refractivity contribution in [2.24, 2.45) is 5.92 Å². The number of fused-ring (bicyclic) bond motifs is 1. The SMILES string of the molecule is CCOC(=O)c1cc2c([nH]c1=O)C[C@@H](C(F)(F)F)C[C@H]2O. The highest BCUT2D eigenvalue weighted by atomic mass is 19.4. The average Bonchev–Trinajstić information content (AvgIpc) is 2.36. The van der Waals surface area contributed by atoms with Gasteiger partial charge in [-0.15, -0.1) is 0 Å². The Labute approximate surface area is 117 Å². The summed E-state index contributed by atoms with van der Waals surface area (Å²) < 4.78 is 42.9. The van der Waals surface area contributed by atoms with Crippen LogP contribution in [0.2, 0.25) is 0 Å². The summed E-state index contributed by atoms with van der Waals surface area (Å²) in [5, 5.41) is 9.85. The number of aliphatic hydroxyl groups is 1. The Balaban J connectivity index is 2.41. The number of carbonyl (C=O) groups excluding carboxylic acids is 1. The molecule has 0 spiro atoms. The van der Waals surface area contributed by atoms with Crippen molar-refractivity contribution < 1.29 is 27.8 Å². The number of ether oxygens (including phenoxy) is 1. The topological polar surface area (TPSA) is 79.4 Å². The number of carbonyl (C=O) groups is 1. The Morgan fingerprint density at radius 3 is 2.76 bits per heavy atom. The molecule has 1 aliphatic rings. The second kappa shape index (κ2) is 5.51. The fraction of sp³-hybridized carbons (Fsp3) is 0.538. The van der Waals surface area contributed by atoms with E-state index in [-0.39, 0.29) is 23.4 Å². The second-order valence-corrected chi connectivity index (χ2v) is 4.86. The lowest BCUT2D eigenvalue weighted by Gasteiger charge is -2.29. The smallest absolute Gasteiger partial charge is 0.392 e. The number of nitrogens with one attached hydrogen (secondary N) is 1. The van der Waals surface area contributed by atoms with Gasteiger partial charge in [0.2, 0.25) is 0 Å². The molecular weight excluding hydrogens is 291 g/mol. The van der Waals surface area contributed by atoms with Crippen LogP contribution in [0.1, 0.15) is 41.1 Å². The maximum Gasteiger partial charge on any atom is 0.392 e. The van der Waals surface area contributed by atoms with Crippen LogP contribution in [0.4, 0.5) is 13.2 Å². The summed E-state index contributed by atoms with van der Waals surface area (Å²) in [4.78, 5) is 25.6. The lowest BCUT2D eigenvalue weighted by Crippen LogP contribution is -2.34. The van der Waals surface area contributed by atoms with Crippen molar-refractivity contribution in [3.63, 3.8) is 0 Å². The van der Waals surface area contributed by atoms with E-state index < -0.39 is 42.6 Å². The Morgan fingerprint density at radius 1 is 1.52 bits per heavy atom. The van der Waals surface area contributed by atoms with E-state index in [1.54, 1.807) is 6.92 Å². The molecule has 1 aliphatic carbocycles. The van der Waals surface area contributed by atoms with Gasteiger partial charge in [-0.3, -0.25) is 4.79 Å². The standard InChI is InChI=1S/C13H14F3NO4/c1-2-21-12(20)8-5-7-9(17-11(8)19)3-6(4-10(7)18)13(14,15)16/h5-6,10,18H,2-4H2,1H3,(H,17,19)/t6-,10-/m1/s1. The lowest BCUT2D eigenvalue weighted by molar-refractivity contribution is -0.184. The van der Waals surface area contributed by atoms with E-state index in [4.69, 9.17) is 0 Å². The maximum absolute atomic E-state index is 12.7. The fourth-order valence-electron chi connectivity index (χ4n) is 2.39. The van der Waals surface area contributed by atoms with Gasteiger partial charge in [0.1, 0.15) is 5.56 Å². The molecule has 0 amide bonds. The molecule has 0 saturated carbocycles. The number of alkyl halides is 3. The molecule has 2 rings (SSSR count). The van der Waals surface area contributed by atoms with Crippen LogP contribution in [-0.2, 0) is 11.2 Å². The molecule has 1 aromatic rings. The number of esters is 1. The van der Waals surface area contributed by atoms with Gasteiger partial charge < -0.3 is 14.8 Å². The van der Waals surface area contributed by atoms with E-state index in [0.717, 1.165) is 6.07 Å². The first kappa shape index (κ1) is 15.6. The minimum atomic E-state index is -4.45. The number of aromatic nitrogens is 1. The van der Waals surface area contributed by atoms with E-state index in [9.17, 15) is 27.9 Å². The molecule has 0 aliphatic heterocycles. The summed E-state index contributed by atoms with van der Waals surface area (Å²) in [6, 6.07) is 1.11. The summed E-state index contributed by atoms with van der Waals surface area (Å²) in [5.74, 6) is -2.59. The Hall–Kier alpha value is -1.83. The normalized spacial score (nSPS) is 21.8. The molecule has 116 valence electrons. The molecule has 0 aromatic carbocycles. The van der Waals surface area contributed by atoms with E-state index >= 15 is 0 Å². The van der Waals surface area contributed by atoms with Crippen LogP contribution >= 0.6 is 0 Å². The van der Waals surface area contributed by atoms with Crippen molar-refractivity contribution >= 4 is 5.97 Å². The molecule has 0 bridgehead atoms. The number of rotatable bonds is 2. The van der Waals surface area contributed by atoms with Crippen LogP contribution in [0.25, 0.3) is 0 Å². The fourth-order valence-corrected chi connectivity index (χ4v) is 2.39. The van der Waals surface area contributed by atoms with Gasteiger partial charge >= 0.3 is 12.1 Å². The second-order valence-electron chi connectivity index (χ2n) is 4.86. The number of pyridine rings is 1. The molecule has 8 heteroatoms. The van der Waals surface area contributed by atoms with E-state index in [1.807, 2.05) is 0 Å². The van der Waals surface area contributed by atoms with Gasteiger partial charge in [0.15, 0.2) is 0 Å². The molecule has 1 aromatic heterocycles. The first-order valence-electron chi connectivity index (χ1n) is 6.42. The zero-order chi connectivity index (χ0) is 15.8. The van der Waals surface area contributed by atoms with Crippen LogP contribution < -0.4 is 5.56 Å². The van der Waals surface area contributed by atoms with Crippen molar-refractivity contribution in [1.82, 2.24) is 4.98 Å². The molecule has 0 saturated heterocycles. The summed E-state index contributed by atoms with van der Waals surface area (Å²) in [5.41, 5.74) is -0.991. The van der Waals surface area contributed by atoms with Gasteiger partial charge in [-0.05, 0) is 25.8 Å². The van der Waals surface area contributed by atoms with Gasteiger partial charge in [0, 0.05) is 11.3 Å². The Bertz CT molecular complexity index is 608. The number of aromatic amines is 1. The van der Waals surface area contributed by atoms with Crippen molar-refractivity contribution in [3.05, 3.63) is 33.2 Å². The minimum Gasteiger partial charge on any atom is -0.462 e. The van der Waals surface area contributed by atoms with Crippen molar-refractivity contribution in [2.45, 2.75) is 32.0 Å². The van der Waals surface area contributed by atoms with Crippen LogP contribution in [0.3, 0.4) is 0 Å². The molecule has 2 N–H and O–H groups in total. The summed E-state index contributed by atoms with van der Waals surface area (Å²) in [6.07, 6.45) is -6.75. The lowest BCUT2D eigenvalue weighted by atomic mass is 9.84. The molecule has 0 unspecified atom stereocenters. The zero-order valence-electron chi connectivity index (χ0n) is 11.2. The van der Waals surface area contributed by atoms with Crippen molar-refractivity contribution in [2.75, 3.05) is 6.61 Å². The summed E-state index contributed by atoms with van der Waals surface area (Å²) >= 11 is 0. The third-order valence-electron chi connectivity index (χ3n) is 3.43. The highest BCUT2D eigenvalue weighted by Crippen LogP contribution is 2.40. The summed E-state index contributed by atoms with van der Waals surface area (Å²) in [7, 11) is 0. The van der Waals surface area contributed by atoms with Crippen LogP contribution in [0, 0.1) is 5.92 Å². The Morgan fingerprint density at radius 2 is 2.19 bits per heavy atom. The first-order valence-corrected chi connectivity index (χ1v) is 6.42. The number of aliphatic hydroxyl groups excluding tert-OH is 1. The highest BCUT2D eigenvalue weighted by molar-refractivity contribution is 5.89. The Kier molecular flexibility index (Phi) is 4.08. The molecule has 0 fully saturated rings. The molecule has 21 heavy (non-hydrogen) atoms. The minimum absolute atomic E-state index is 0.00845. The molecule has 0 radical (unpaired) electrons. The third-order valence-corrected chi connectivity index (χ3v) is 3.43. The molecule has 2 atom stereocenters. The quantitative estimate of drug-likeness (QED) is 0.815. The van der Waals surface area contributed by atoms with Crippen LogP contribution in [-0.4, -0.2) is 28.8 Å². The predicted molar refractivity (Wildman–Crippen MR) is 65.8 cm³/mol. The van der Waals surface area contributed by atoms with Crippen LogP contribution in [0.15, 0.2) is 10.9 Å². The zero-order valence-corrected chi connectivity index (χ0v) is 11.2. The average molecular weight is 305 g/mol.